The molecule has 5 nitrogen and oxygen atoms in total. The molecule has 0 aliphatic carbocycles. The summed E-state index contributed by atoms with van der Waals surface area (Å²) in [6.45, 7) is 4.37. The average Bonchev–Trinajstić information content (AvgIpc) is 3.38. The molecule has 1 amide bonds. The highest BCUT2D eigenvalue weighted by molar-refractivity contribution is 5.78. The Morgan fingerprint density at radius 3 is 2.72 bits per heavy atom. The number of carbonyl (C=O) groups excluding carboxylic acids is 1. The van der Waals surface area contributed by atoms with Crippen molar-refractivity contribution in [3.63, 3.8) is 0 Å². The van der Waals surface area contributed by atoms with Crippen LogP contribution in [0.2, 0.25) is 0 Å². The summed E-state index contributed by atoms with van der Waals surface area (Å²) in [5, 5.41) is 0. The summed E-state index contributed by atoms with van der Waals surface area (Å²) in [7, 11) is 0. The Kier molecular flexibility index (Phi) is 6.13. The first-order chi connectivity index (χ1) is 14.3. The number of unbranched alkanes of at least 4 members (excludes halogenated alkanes) is 1. The molecule has 4 rings (SSSR count). The summed E-state index contributed by atoms with van der Waals surface area (Å²) >= 11 is 0. The van der Waals surface area contributed by atoms with Gasteiger partial charge in [-0.15, -0.1) is 0 Å². The summed E-state index contributed by atoms with van der Waals surface area (Å²) in [5.74, 6) is 2.18. The van der Waals surface area contributed by atoms with E-state index in [4.69, 9.17) is 9.72 Å². The Labute approximate surface area is 172 Å². The zero-order chi connectivity index (χ0) is 20.1. The second-order valence-electron chi connectivity index (χ2n) is 7.58. The predicted octanol–water partition coefficient (Wildman–Crippen LogP) is 4.97. The van der Waals surface area contributed by atoms with Gasteiger partial charge in [-0.1, -0.05) is 37.3 Å². The first-order valence-corrected chi connectivity index (χ1v) is 10.7. The Hall–Kier alpha value is -2.82. The van der Waals surface area contributed by atoms with Crippen LogP contribution in [0.3, 0.4) is 0 Å². The number of hydrogen-bond acceptors (Lipinski definition) is 3. The minimum Gasteiger partial charge on any atom is -0.494 e. The Bertz CT molecular complexity index is 951. The minimum absolute atomic E-state index is 0.0930. The number of rotatable bonds is 8. The standard InChI is InChI=1S/C24H29N3O2/c1-2-23(28)26-17-10-15-22(26)24-25-20-13-6-7-14-21(20)27(24)16-8-9-18-29-19-11-4-3-5-12-19/h3-7,11-14,22H,2,8-10,15-18H2,1H3. The Morgan fingerprint density at radius 1 is 1.10 bits per heavy atom. The second kappa shape index (κ2) is 9.12. The number of benzene rings is 2. The molecule has 1 atom stereocenters. The second-order valence-corrected chi connectivity index (χ2v) is 7.58. The molecule has 5 heteroatoms. The predicted molar refractivity (Wildman–Crippen MR) is 115 cm³/mol. The number of likely N-dealkylation sites (tertiary alicyclic amines) is 1. The van der Waals surface area contributed by atoms with Crippen LogP contribution in [-0.4, -0.2) is 33.5 Å². The fraction of sp³-hybridized carbons (Fsp3) is 0.417. The van der Waals surface area contributed by atoms with E-state index in [9.17, 15) is 4.79 Å². The molecule has 2 heterocycles. The highest BCUT2D eigenvalue weighted by Gasteiger charge is 2.32. The number of carbonyl (C=O) groups is 1. The summed E-state index contributed by atoms with van der Waals surface area (Å²) in [4.78, 5) is 19.4. The number of aromatic nitrogens is 2. The van der Waals surface area contributed by atoms with E-state index in [0.717, 1.165) is 61.4 Å². The highest BCUT2D eigenvalue weighted by atomic mass is 16.5. The molecule has 0 N–H and O–H groups in total. The maximum Gasteiger partial charge on any atom is 0.222 e. The zero-order valence-corrected chi connectivity index (χ0v) is 17.1. The zero-order valence-electron chi connectivity index (χ0n) is 17.1. The fourth-order valence-electron chi connectivity index (χ4n) is 4.20. The quantitative estimate of drug-likeness (QED) is 0.510. The Balaban J connectivity index is 1.47. The van der Waals surface area contributed by atoms with Crippen LogP contribution in [0, 0.1) is 0 Å². The van der Waals surface area contributed by atoms with Gasteiger partial charge >= 0.3 is 0 Å². The van der Waals surface area contributed by atoms with Crippen molar-refractivity contribution in [2.24, 2.45) is 0 Å². The van der Waals surface area contributed by atoms with E-state index < -0.39 is 0 Å². The molecule has 0 spiro atoms. The average molecular weight is 392 g/mol. The lowest BCUT2D eigenvalue weighted by atomic mass is 10.2. The number of amides is 1. The molecule has 0 bridgehead atoms. The van der Waals surface area contributed by atoms with E-state index in [-0.39, 0.29) is 11.9 Å². The smallest absolute Gasteiger partial charge is 0.222 e. The van der Waals surface area contributed by atoms with Gasteiger partial charge in [0.15, 0.2) is 0 Å². The van der Waals surface area contributed by atoms with Gasteiger partial charge in [-0.25, -0.2) is 4.98 Å². The summed E-state index contributed by atoms with van der Waals surface area (Å²) in [5.41, 5.74) is 2.17. The maximum atomic E-state index is 12.4. The monoisotopic (exact) mass is 391 g/mol. The normalized spacial score (nSPS) is 16.4. The van der Waals surface area contributed by atoms with E-state index in [1.165, 1.54) is 0 Å². The number of ether oxygens (including phenoxy) is 1. The number of aryl methyl sites for hydroxylation is 1. The van der Waals surface area contributed by atoms with Crippen molar-refractivity contribution in [3.8, 4) is 5.75 Å². The first kappa shape index (κ1) is 19.5. The fourth-order valence-corrected chi connectivity index (χ4v) is 4.20. The van der Waals surface area contributed by atoms with E-state index in [0.29, 0.717) is 13.0 Å². The third-order valence-electron chi connectivity index (χ3n) is 5.65. The van der Waals surface area contributed by atoms with Gasteiger partial charge in [0, 0.05) is 19.5 Å². The molecule has 3 aromatic rings. The lowest BCUT2D eigenvalue weighted by Gasteiger charge is -2.25. The van der Waals surface area contributed by atoms with Crippen LogP contribution in [-0.2, 0) is 11.3 Å². The van der Waals surface area contributed by atoms with E-state index in [1.54, 1.807) is 0 Å². The van der Waals surface area contributed by atoms with E-state index in [2.05, 4.69) is 22.8 Å². The number of para-hydroxylation sites is 3. The molecule has 1 aromatic heterocycles. The molecule has 29 heavy (non-hydrogen) atoms. The number of fused-ring (bicyclic) bond motifs is 1. The molecule has 152 valence electrons. The molecule has 1 saturated heterocycles. The number of imidazole rings is 1. The molecule has 1 aliphatic heterocycles. The topological polar surface area (TPSA) is 47.4 Å². The first-order valence-electron chi connectivity index (χ1n) is 10.7. The molecular formula is C24H29N3O2. The van der Waals surface area contributed by atoms with Crippen molar-refractivity contribution in [1.82, 2.24) is 14.5 Å². The van der Waals surface area contributed by atoms with Crippen molar-refractivity contribution in [3.05, 3.63) is 60.4 Å². The van der Waals surface area contributed by atoms with Gasteiger partial charge in [0.25, 0.3) is 0 Å². The third-order valence-corrected chi connectivity index (χ3v) is 5.65. The van der Waals surface area contributed by atoms with Crippen LogP contribution < -0.4 is 4.74 Å². The highest BCUT2D eigenvalue weighted by Crippen LogP contribution is 2.34. The van der Waals surface area contributed by atoms with Crippen molar-refractivity contribution < 1.29 is 9.53 Å². The molecule has 0 radical (unpaired) electrons. The van der Waals surface area contributed by atoms with Crippen LogP contribution in [0.25, 0.3) is 11.0 Å². The van der Waals surface area contributed by atoms with Crippen molar-refractivity contribution in [2.45, 2.75) is 51.6 Å². The molecule has 0 saturated carbocycles. The summed E-state index contributed by atoms with van der Waals surface area (Å²) < 4.78 is 8.15. The lowest BCUT2D eigenvalue weighted by Crippen LogP contribution is -2.31. The molecule has 1 unspecified atom stereocenters. The largest absolute Gasteiger partial charge is 0.494 e. The van der Waals surface area contributed by atoms with Gasteiger partial charge < -0.3 is 14.2 Å². The maximum absolute atomic E-state index is 12.4. The summed E-state index contributed by atoms with van der Waals surface area (Å²) in [6, 6.07) is 18.3. The van der Waals surface area contributed by atoms with Crippen LogP contribution in [0.5, 0.6) is 5.75 Å². The van der Waals surface area contributed by atoms with Crippen LogP contribution >= 0.6 is 0 Å². The van der Waals surface area contributed by atoms with E-state index >= 15 is 0 Å². The van der Waals surface area contributed by atoms with Crippen LogP contribution in [0.15, 0.2) is 54.6 Å². The van der Waals surface area contributed by atoms with E-state index in [1.807, 2.05) is 48.2 Å². The van der Waals surface area contributed by atoms with Crippen molar-refractivity contribution in [1.29, 1.82) is 0 Å². The van der Waals surface area contributed by atoms with Crippen molar-refractivity contribution >= 4 is 16.9 Å². The molecule has 2 aromatic carbocycles. The van der Waals surface area contributed by atoms with Gasteiger partial charge in [0.1, 0.15) is 11.6 Å². The van der Waals surface area contributed by atoms with Gasteiger partial charge in [-0.3, -0.25) is 4.79 Å². The number of nitrogens with zero attached hydrogens (tertiary/aromatic N) is 3. The SMILES string of the molecule is CCC(=O)N1CCCC1c1nc2ccccc2n1CCCCOc1ccccc1. The Morgan fingerprint density at radius 2 is 1.90 bits per heavy atom. The molecular weight excluding hydrogens is 362 g/mol. The molecule has 1 aliphatic rings. The van der Waals surface area contributed by atoms with Crippen LogP contribution in [0.4, 0.5) is 0 Å². The van der Waals surface area contributed by atoms with Gasteiger partial charge in [-0.2, -0.15) is 0 Å². The number of hydrogen-bond donors (Lipinski definition) is 0. The van der Waals surface area contributed by atoms with Gasteiger partial charge in [0.05, 0.1) is 23.7 Å². The third kappa shape index (κ3) is 4.29. The van der Waals surface area contributed by atoms with Crippen molar-refractivity contribution in [2.75, 3.05) is 13.2 Å². The van der Waals surface area contributed by atoms with Gasteiger partial charge in [0.2, 0.25) is 5.91 Å². The lowest BCUT2D eigenvalue weighted by molar-refractivity contribution is -0.131. The van der Waals surface area contributed by atoms with Crippen LogP contribution in [0.1, 0.15) is 50.9 Å². The minimum atomic E-state index is 0.0930. The molecule has 1 fully saturated rings. The van der Waals surface area contributed by atoms with Gasteiger partial charge in [-0.05, 0) is 49.9 Å². The summed E-state index contributed by atoms with van der Waals surface area (Å²) in [6.07, 6.45) is 4.57.